The Morgan fingerprint density at radius 2 is 1.66 bits per heavy atom. The molecule has 1 aliphatic heterocycles. The van der Waals surface area contributed by atoms with Crippen LogP contribution in [0.3, 0.4) is 0 Å². The van der Waals surface area contributed by atoms with Gasteiger partial charge in [-0.3, -0.25) is 0 Å². The monoisotopic (exact) mass is 422 g/mol. The molecule has 3 aromatic carbocycles. The Hall–Kier alpha value is -3.79. The predicted molar refractivity (Wildman–Crippen MR) is 127 cm³/mol. The van der Waals surface area contributed by atoms with Crippen molar-refractivity contribution in [2.24, 2.45) is 0 Å². The molecule has 0 bridgehead atoms. The highest BCUT2D eigenvalue weighted by molar-refractivity contribution is 5.93. The maximum Gasteiger partial charge on any atom is 0.336 e. The molecule has 160 valence electrons. The third-order valence-electron chi connectivity index (χ3n) is 6.20. The number of aromatic nitrogens is 1. The van der Waals surface area contributed by atoms with Gasteiger partial charge < -0.3 is 14.6 Å². The maximum absolute atomic E-state index is 13.1. The lowest BCUT2D eigenvalue weighted by Crippen LogP contribution is -2.27. The Kier molecular flexibility index (Phi) is 5.51. The Morgan fingerprint density at radius 3 is 2.41 bits per heavy atom. The van der Waals surface area contributed by atoms with Crippen LogP contribution < -0.4 is 0 Å². The number of H-pyrrole nitrogens is 1. The van der Waals surface area contributed by atoms with Gasteiger partial charge in [-0.25, -0.2) is 4.79 Å². The summed E-state index contributed by atoms with van der Waals surface area (Å²) in [6.07, 6.45) is 2.89. The first-order chi connectivity index (χ1) is 15.7. The summed E-state index contributed by atoms with van der Waals surface area (Å²) in [5.41, 5.74) is 6.36. The maximum atomic E-state index is 13.1. The first-order valence-electron chi connectivity index (χ1n) is 11.0. The Bertz CT molecular complexity index is 1260. The molecule has 0 spiro atoms. The molecule has 1 N–H and O–H groups in total. The molecule has 1 aliphatic rings. The van der Waals surface area contributed by atoms with Crippen LogP contribution in [0.15, 0.2) is 96.7 Å². The zero-order valence-corrected chi connectivity index (χ0v) is 18.1. The number of ether oxygens (including phenoxy) is 1. The molecule has 0 amide bonds. The van der Waals surface area contributed by atoms with E-state index >= 15 is 0 Å². The van der Waals surface area contributed by atoms with E-state index in [1.54, 1.807) is 0 Å². The van der Waals surface area contributed by atoms with Crippen LogP contribution in [0, 0.1) is 0 Å². The van der Waals surface area contributed by atoms with Crippen LogP contribution in [-0.4, -0.2) is 29.5 Å². The van der Waals surface area contributed by atoms with Gasteiger partial charge >= 0.3 is 5.97 Å². The fourth-order valence-electron chi connectivity index (χ4n) is 4.71. The number of fused-ring (bicyclic) bond motifs is 3. The molecule has 4 nitrogen and oxygen atoms in total. The molecule has 0 unspecified atom stereocenters. The van der Waals surface area contributed by atoms with Crippen LogP contribution in [0.1, 0.15) is 28.3 Å². The van der Waals surface area contributed by atoms with Gasteiger partial charge in [0.05, 0.1) is 18.6 Å². The lowest BCUT2D eigenvalue weighted by Gasteiger charge is -2.29. The average Bonchev–Trinajstić information content (AvgIpc) is 3.19. The van der Waals surface area contributed by atoms with Crippen LogP contribution in [-0.2, 0) is 22.5 Å². The number of benzene rings is 3. The lowest BCUT2D eigenvalue weighted by atomic mass is 9.84. The van der Waals surface area contributed by atoms with Crippen molar-refractivity contribution in [3.8, 4) is 0 Å². The SMILES string of the molecule is COC(=O)/C1=C/N(Cc2ccccc2)CCc2c([nH]c3ccccc23)[C@H]1c1ccccc1. The minimum absolute atomic E-state index is 0.232. The first-order valence-corrected chi connectivity index (χ1v) is 11.0. The number of para-hydroxylation sites is 1. The number of nitrogens with one attached hydrogen (secondary N) is 1. The third-order valence-corrected chi connectivity index (χ3v) is 6.20. The second kappa shape index (κ2) is 8.75. The van der Waals surface area contributed by atoms with Gasteiger partial charge in [-0.05, 0) is 29.2 Å². The van der Waals surface area contributed by atoms with Crippen molar-refractivity contribution in [1.29, 1.82) is 0 Å². The molecule has 0 radical (unpaired) electrons. The fourth-order valence-corrected chi connectivity index (χ4v) is 4.71. The smallest absolute Gasteiger partial charge is 0.336 e. The van der Waals surface area contributed by atoms with Crippen LogP contribution in [0.25, 0.3) is 10.9 Å². The summed E-state index contributed by atoms with van der Waals surface area (Å²) in [7, 11) is 1.46. The predicted octanol–water partition coefficient (Wildman–Crippen LogP) is 5.42. The minimum atomic E-state index is -0.302. The van der Waals surface area contributed by atoms with Crippen LogP contribution in [0.4, 0.5) is 0 Å². The molecule has 4 aromatic rings. The zero-order valence-electron chi connectivity index (χ0n) is 18.1. The molecular weight excluding hydrogens is 396 g/mol. The van der Waals surface area contributed by atoms with Crippen molar-refractivity contribution in [3.05, 3.63) is 119 Å². The molecular formula is C28H26N2O2. The number of esters is 1. The Balaban J connectivity index is 1.70. The molecule has 32 heavy (non-hydrogen) atoms. The van der Waals surface area contributed by atoms with E-state index in [9.17, 15) is 4.79 Å². The summed E-state index contributed by atoms with van der Waals surface area (Å²) in [4.78, 5) is 19.0. The van der Waals surface area contributed by atoms with Gasteiger partial charge in [0.25, 0.3) is 0 Å². The van der Waals surface area contributed by atoms with E-state index in [4.69, 9.17) is 4.74 Å². The van der Waals surface area contributed by atoms with Crippen molar-refractivity contribution >= 4 is 16.9 Å². The van der Waals surface area contributed by atoms with Gasteiger partial charge in [0.1, 0.15) is 0 Å². The summed E-state index contributed by atoms with van der Waals surface area (Å²) in [6, 6.07) is 29.0. The fraction of sp³-hybridized carbons (Fsp3) is 0.179. The number of methoxy groups -OCH3 is 1. The molecule has 5 rings (SSSR count). The van der Waals surface area contributed by atoms with Crippen molar-refractivity contribution in [1.82, 2.24) is 9.88 Å². The number of nitrogens with zero attached hydrogens (tertiary/aromatic N) is 1. The van der Waals surface area contributed by atoms with Gasteiger partial charge in [0.15, 0.2) is 0 Å². The summed E-state index contributed by atoms with van der Waals surface area (Å²) in [5.74, 6) is -0.534. The summed E-state index contributed by atoms with van der Waals surface area (Å²) >= 11 is 0. The molecule has 2 heterocycles. The molecule has 0 aliphatic carbocycles. The van der Waals surface area contributed by atoms with Crippen LogP contribution in [0.5, 0.6) is 0 Å². The molecule has 1 atom stereocenters. The molecule has 1 aromatic heterocycles. The lowest BCUT2D eigenvalue weighted by molar-refractivity contribution is -0.136. The number of hydrogen-bond acceptors (Lipinski definition) is 3. The zero-order chi connectivity index (χ0) is 21.9. The van der Waals surface area contributed by atoms with E-state index in [2.05, 4.69) is 64.5 Å². The highest BCUT2D eigenvalue weighted by atomic mass is 16.5. The summed E-state index contributed by atoms with van der Waals surface area (Å²) < 4.78 is 5.28. The second-order valence-corrected chi connectivity index (χ2v) is 8.19. The molecule has 0 saturated heterocycles. The summed E-state index contributed by atoms with van der Waals surface area (Å²) in [5, 5.41) is 1.22. The van der Waals surface area contributed by atoms with E-state index in [1.807, 2.05) is 36.5 Å². The minimum Gasteiger partial charge on any atom is -0.466 e. The van der Waals surface area contributed by atoms with Gasteiger partial charge in [-0.1, -0.05) is 78.9 Å². The number of carbonyl (C=O) groups excluding carboxylic acids is 1. The average molecular weight is 423 g/mol. The number of rotatable bonds is 4. The second-order valence-electron chi connectivity index (χ2n) is 8.19. The highest BCUT2D eigenvalue weighted by Gasteiger charge is 2.31. The highest BCUT2D eigenvalue weighted by Crippen LogP contribution is 2.39. The topological polar surface area (TPSA) is 45.3 Å². The Labute approximate surface area is 188 Å². The first kappa shape index (κ1) is 20.1. The van der Waals surface area contributed by atoms with Crippen molar-refractivity contribution < 1.29 is 9.53 Å². The quantitative estimate of drug-likeness (QED) is 0.447. The van der Waals surface area contributed by atoms with Crippen molar-refractivity contribution in [2.45, 2.75) is 18.9 Å². The van der Waals surface area contributed by atoms with E-state index in [-0.39, 0.29) is 11.9 Å². The number of hydrogen-bond donors (Lipinski definition) is 1. The summed E-state index contributed by atoms with van der Waals surface area (Å²) in [6.45, 7) is 1.55. The number of carbonyl (C=O) groups is 1. The van der Waals surface area contributed by atoms with Gasteiger partial charge in [-0.2, -0.15) is 0 Å². The standard InChI is InChI=1S/C28H26N2O2/c1-32-28(31)24-19-30(18-20-10-4-2-5-11-20)17-16-23-22-14-8-9-15-25(22)29-27(23)26(24)21-12-6-3-7-13-21/h2-15,19,26,29H,16-18H2,1H3/b24-19+/t26-/m0/s1. The molecule has 4 heteroatoms. The van der Waals surface area contributed by atoms with Gasteiger partial charge in [0, 0.05) is 35.9 Å². The van der Waals surface area contributed by atoms with E-state index in [0.717, 1.165) is 36.3 Å². The van der Waals surface area contributed by atoms with E-state index in [1.165, 1.54) is 23.6 Å². The molecule has 0 fully saturated rings. The van der Waals surface area contributed by atoms with Crippen molar-refractivity contribution in [2.75, 3.05) is 13.7 Å². The van der Waals surface area contributed by atoms with E-state index in [0.29, 0.717) is 5.57 Å². The Morgan fingerprint density at radius 1 is 0.969 bits per heavy atom. The number of aromatic amines is 1. The van der Waals surface area contributed by atoms with Gasteiger partial charge in [-0.15, -0.1) is 0 Å². The van der Waals surface area contributed by atoms with Crippen LogP contribution >= 0.6 is 0 Å². The third kappa shape index (κ3) is 3.80. The molecule has 0 saturated carbocycles. The largest absolute Gasteiger partial charge is 0.466 e. The van der Waals surface area contributed by atoms with Gasteiger partial charge in [0.2, 0.25) is 0 Å². The normalized spacial score (nSPS) is 17.7. The van der Waals surface area contributed by atoms with Crippen LogP contribution in [0.2, 0.25) is 0 Å². The van der Waals surface area contributed by atoms with Crippen molar-refractivity contribution in [3.63, 3.8) is 0 Å². The van der Waals surface area contributed by atoms with E-state index < -0.39 is 0 Å².